The number of rotatable bonds is 8. The molecule has 0 spiro atoms. The van der Waals surface area contributed by atoms with E-state index in [1.54, 1.807) is 11.6 Å². The second-order valence-electron chi connectivity index (χ2n) is 7.10. The molecule has 0 amide bonds. The minimum atomic E-state index is -4.86. The Balaban J connectivity index is 1.94. The van der Waals surface area contributed by atoms with Crippen LogP contribution in [0.2, 0.25) is 0 Å². The Bertz CT molecular complexity index is 850. The SMILES string of the molecule is C=Nc1cc(C(C)(O)C(F)(F)F)cc(-c2nccs2)c1OCC1CC(CNC)N1. The van der Waals surface area contributed by atoms with Gasteiger partial charge in [0, 0.05) is 30.2 Å². The van der Waals surface area contributed by atoms with E-state index in [0.717, 1.165) is 19.0 Å². The number of nitrogens with one attached hydrogen (secondary N) is 2. The van der Waals surface area contributed by atoms with Crippen molar-refractivity contribution >= 4 is 23.7 Å². The normalized spacial score (nSPS) is 21.3. The predicted octanol–water partition coefficient (Wildman–Crippen LogP) is 3.24. The predicted molar refractivity (Wildman–Crippen MR) is 107 cm³/mol. The largest absolute Gasteiger partial charge is 0.489 e. The number of hydrogen-bond acceptors (Lipinski definition) is 7. The molecule has 0 aliphatic carbocycles. The molecule has 0 saturated carbocycles. The fourth-order valence-corrected chi connectivity index (χ4v) is 3.83. The molecule has 3 rings (SSSR count). The zero-order valence-electron chi connectivity index (χ0n) is 16.1. The minimum Gasteiger partial charge on any atom is -0.489 e. The van der Waals surface area contributed by atoms with Gasteiger partial charge < -0.3 is 20.5 Å². The first-order valence-electron chi connectivity index (χ1n) is 9.05. The Labute approximate surface area is 170 Å². The standard InChI is InChI=1S/C19H23F3N4O2S/c1-18(27,19(20,21)22)11-6-14(17-25-4-5-29-17)16(15(7-11)24-3)28-10-13-8-12(26-13)9-23-2/h4-7,12-13,23,26-27H,3,8-10H2,1-2H3. The molecule has 29 heavy (non-hydrogen) atoms. The van der Waals surface area contributed by atoms with Gasteiger partial charge >= 0.3 is 6.18 Å². The zero-order valence-corrected chi connectivity index (χ0v) is 16.9. The van der Waals surface area contributed by atoms with Crippen molar-refractivity contribution in [3.8, 4) is 16.3 Å². The third-order valence-electron chi connectivity index (χ3n) is 4.94. The van der Waals surface area contributed by atoms with E-state index in [9.17, 15) is 18.3 Å². The smallest absolute Gasteiger partial charge is 0.421 e. The van der Waals surface area contributed by atoms with Crippen molar-refractivity contribution in [2.24, 2.45) is 4.99 Å². The number of aliphatic hydroxyl groups is 1. The molecular formula is C19H23F3N4O2S. The first kappa shape index (κ1) is 21.7. The molecule has 1 aromatic heterocycles. The van der Waals surface area contributed by atoms with Crippen LogP contribution >= 0.6 is 11.3 Å². The van der Waals surface area contributed by atoms with E-state index in [-0.39, 0.29) is 17.3 Å². The summed E-state index contributed by atoms with van der Waals surface area (Å²) in [5.41, 5.74) is -2.92. The minimum absolute atomic E-state index is 0.128. The molecule has 6 nitrogen and oxygen atoms in total. The van der Waals surface area contributed by atoms with Crippen molar-refractivity contribution in [2.45, 2.75) is 37.2 Å². The molecule has 3 N–H and O–H groups in total. The first-order chi connectivity index (χ1) is 13.7. The summed E-state index contributed by atoms with van der Waals surface area (Å²) in [6.07, 6.45) is -2.38. The third-order valence-corrected chi connectivity index (χ3v) is 5.74. The van der Waals surface area contributed by atoms with Crippen LogP contribution < -0.4 is 15.4 Å². The summed E-state index contributed by atoms with van der Waals surface area (Å²) >= 11 is 1.26. The Hall–Kier alpha value is -2.01. The molecular weight excluding hydrogens is 405 g/mol. The van der Waals surface area contributed by atoms with E-state index >= 15 is 0 Å². The van der Waals surface area contributed by atoms with E-state index in [0.29, 0.717) is 35.9 Å². The lowest BCUT2D eigenvalue weighted by atomic mass is 9.92. The van der Waals surface area contributed by atoms with Crippen LogP contribution in [-0.4, -0.2) is 55.3 Å². The van der Waals surface area contributed by atoms with Crippen molar-refractivity contribution in [3.63, 3.8) is 0 Å². The summed E-state index contributed by atoms with van der Waals surface area (Å²) in [5.74, 6) is 0.301. The van der Waals surface area contributed by atoms with E-state index < -0.39 is 11.8 Å². The highest BCUT2D eigenvalue weighted by atomic mass is 32.1. The molecule has 158 valence electrons. The molecule has 1 aliphatic heterocycles. The molecule has 3 unspecified atom stereocenters. The number of aromatic nitrogens is 1. The second kappa shape index (κ2) is 8.39. The van der Waals surface area contributed by atoms with Gasteiger partial charge in [-0.25, -0.2) is 4.98 Å². The lowest BCUT2D eigenvalue weighted by Crippen LogP contribution is -2.58. The van der Waals surface area contributed by atoms with Crippen LogP contribution in [0.25, 0.3) is 10.6 Å². The molecule has 0 bridgehead atoms. The number of aliphatic imine (C=N–C) groups is 1. The Kier molecular flexibility index (Phi) is 6.27. The maximum absolute atomic E-state index is 13.4. The number of benzene rings is 1. The van der Waals surface area contributed by atoms with Crippen LogP contribution in [0.4, 0.5) is 18.9 Å². The van der Waals surface area contributed by atoms with E-state index in [2.05, 4.69) is 27.3 Å². The third kappa shape index (κ3) is 4.45. The average molecular weight is 428 g/mol. The van der Waals surface area contributed by atoms with E-state index in [4.69, 9.17) is 4.74 Å². The number of alkyl halides is 3. The molecule has 1 aromatic carbocycles. The summed E-state index contributed by atoms with van der Waals surface area (Å²) < 4.78 is 46.1. The lowest BCUT2D eigenvalue weighted by molar-refractivity contribution is -0.258. The monoisotopic (exact) mass is 428 g/mol. The highest BCUT2D eigenvalue weighted by molar-refractivity contribution is 7.13. The average Bonchev–Trinajstić information content (AvgIpc) is 3.16. The zero-order chi connectivity index (χ0) is 21.2. The van der Waals surface area contributed by atoms with Gasteiger partial charge in [0.2, 0.25) is 0 Å². The Morgan fingerprint density at radius 2 is 2.14 bits per heavy atom. The fourth-order valence-electron chi connectivity index (χ4n) is 3.18. The van der Waals surface area contributed by atoms with Crippen molar-refractivity contribution in [2.75, 3.05) is 20.2 Å². The van der Waals surface area contributed by atoms with Gasteiger partial charge in [-0.05, 0) is 44.8 Å². The number of halogens is 3. The summed E-state index contributed by atoms with van der Waals surface area (Å²) in [4.78, 5) is 8.05. The van der Waals surface area contributed by atoms with Gasteiger partial charge in [-0.3, -0.25) is 4.99 Å². The van der Waals surface area contributed by atoms with Crippen LogP contribution in [-0.2, 0) is 5.60 Å². The molecule has 3 atom stereocenters. The molecule has 1 fully saturated rings. The second-order valence-corrected chi connectivity index (χ2v) is 8.00. The summed E-state index contributed by atoms with van der Waals surface area (Å²) in [7, 11) is 1.88. The Morgan fingerprint density at radius 3 is 2.69 bits per heavy atom. The molecule has 2 heterocycles. The number of hydrogen-bond donors (Lipinski definition) is 3. The molecule has 0 radical (unpaired) electrons. The van der Waals surface area contributed by atoms with Gasteiger partial charge in [-0.1, -0.05) is 0 Å². The van der Waals surface area contributed by atoms with E-state index in [1.807, 2.05) is 7.05 Å². The van der Waals surface area contributed by atoms with Crippen LogP contribution in [0, 0.1) is 0 Å². The van der Waals surface area contributed by atoms with Crippen molar-refractivity contribution in [1.82, 2.24) is 15.6 Å². The molecule has 2 aromatic rings. The molecule has 10 heteroatoms. The van der Waals surface area contributed by atoms with Gasteiger partial charge in [-0.2, -0.15) is 13.2 Å². The van der Waals surface area contributed by atoms with Crippen molar-refractivity contribution in [1.29, 1.82) is 0 Å². The quantitative estimate of drug-likeness (QED) is 0.563. The maximum Gasteiger partial charge on any atom is 0.421 e. The summed E-state index contributed by atoms with van der Waals surface area (Å²) in [6.45, 7) is 5.35. The van der Waals surface area contributed by atoms with Gasteiger partial charge in [0.25, 0.3) is 0 Å². The van der Waals surface area contributed by atoms with Crippen LogP contribution in [0.1, 0.15) is 18.9 Å². The number of nitrogens with zero attached hydrogens (tertiary/aromatic N) is 2. The van der Waals surface area contributed by atoms with Gasteiger partial charge in [0.15, 0.2) is 11.4 Å². The van der Waals surface area contributed by atoms with Crippen LogP contribution in [0.3, 0.4) is 0 Å². The number of ether oxygens (including phenoxy) is 1. The fraction of sp³-hybridized carbons (Fsp3) is 0.474. The van der Waals surface area contributed by atoms with Crippen molar-refractivity contribution < 1.29 is 23.0 Å². The number of likely N-dealkylation sites (N-methyl/N-ethyl adjacent to an activating group) is 1. The first-order valence-corrected chi connectivity index (χ1v) is 9.93. The highest BCUT2D eigenvalue weighted by Crippen LogP contribution is 2.46. The topological polar surface area (TPSA) is 78.8 Å². The number of thiazole rings is 1. The summed E-state index contributed by atoms with van der Waals surface area (Å²) in [6, 6.07) is 2.92. The van der Waals surface area contributed by atoms with Crippen LogP contribution in [0.5, 0.6) is 5.75 Å². The maximum atomic E-state index is 13.4. The summed E-state index contributed by atoms with van der Waals surface area (Å²) in [5, 5.41) is 18.8. The van der Waals surface area contributed by atoms with Gasteiger partial charge in [0.05, 0.1) is 5.56 Å². The molecule has 1 aliphatic rings. The van der Waals surface area contributed by atoms with Gasteiger partial charge in [-0.15, -0.1) is 11.3 Å². The van der Waals surface area contributed by atoms with Gasteiger partial charge in [0.1, 0.15) is 17.3 Å². The highest BCUT2D eigenvalue weighted by Gasteiger charge is 2.51. The Morgan fingerprint density at radius 1 is 1.41 bits per heavy atom. The van der Waals surface area contributed by atoms with Crippen molar-refractivity contribution in [3.05, 3.63) is 29.3 Å². The molecule has 1 saturated heterocycles. The lowest BCUT2D eigenvalue weighted by Gasteiger charge is -2.37. The van der Waals surface area contributed by atoms with Crippen LogP contribution in [0.15, 0.2) is 28.7 Å². The van der Waals surface area contributed by atoms with E-state index in [1.165, 1.54) is 17.4 Å².